The molecule has 0 bridgehead atoms. The van der Waals surface area contributed by atoms with Crippen LogP contribution in [0.4, 0.5) is 0 Å². The van der Waals surface area contributed by atoms with Gasteiger partial charge in [0.2, 0.25) is 0 Å². The lowest BCUT2D eigenvalue weighted by atomic mass is 10.3. The van der Waals surface area contributed by atoms with Crippen molar-refractivity contribution >= 4 is 0 Å². The van der Waals surface area contributed by atoms with Crippen molar-refractivity contribution in [3.63, 3.8) is 0 Å². The van der Waals surface area contributed by atoms with Crippen LogP contribution in [0.2, 0.25) is 0 Å². The first-order valence-corrected chi connectivity index (χ1v) is 3.80. The van der Waals surface area contributed by atoms with Gasteiger partial charge in [0.15, 0.2) is 0 Å². The molecule has 0 spiro atoms. The first-order chi connectivity index (χ1) is 4.85. The maximum absolute atomic E-state index is 5.32. The summed E-state index contributed by atoms with van der Waals surface area (Å²) in [5, 5.41) is 0. The topological polar surface area (TPSA) is 9.23 Å². The van der Waals surface area contributed by atoms with Gasteiger partial charge in [0.25, 0.3) is 0 Å². The summed E-state index contributed by atoms with van der Waals surface area (Å²) in [7, 11) is 0. The van der Waals surface area contributed by atoms with Crippen molar-refractivity contribution in [3.8, 4) is 0 Å². The molecular formula is C9H16O. The molecule has 0 aromatic heterocycles. The van der Waals surface area contributed by atoms with E-state index in [2.05, 4.69) is 20.4 Å². The molecule has 0 unspecified atom stereocenters. The van der Waals surface area contributed by atoms with Gasteiger partial charge in [0.05, 0.1) is 6.61 Å². The van der Waals surface area contributed by atoms with Crippen molar-refractivity contribution in [3.05, 3.63) is 24.5 Å². The second-order valence-electron chi connectivity index (χ2n) is 2.07. The van der Waals surface area contributed by atoms with Gasteiger partial charge in [0, 0.05) is 0 Å². The molecule has 0 aliphatic heterocycles. The van der Waals surface area contributed by atoms with Crippen molar-refractivity contribution in [1.29, 1.82) is 0 Å². The summed E-state index contributed by atoms with van der Waals surface area (Å²) in [4.78, 5) is 0. The lowest BCUT2D eigenvalue weighted by Crippen LogP contribution is -1.90. The lowest BCUT2D eigenvalue weighted by molar-refractivity contribution is 0.224. The molecule has 1 heteroatoms. The van der Waals surface area contributed by atoms with Gasteiger partial charge < -0.3 is 4.74 Å². The molecule has 0 aromatic rings. The molecule has 1 nitrogen and oxygen atoms in total. The van der Waals surface area contributed by atoms with E-state index in [1.165, 1.54) is 0 Å². The second kappa shape index (κ2) is 6.40. The summed E-state index contributed by atoms with van der Waals surface area (Å²) in [5.41, 5.74) is 0. The van der Waals surface area contributed by atoms with Crippen LogP contribution in [0.5, 0.6) is 0 Å². The summed E-state index contributed by atoms with van der Waals surface area (Å²) < 4.78 is 5.32. The average molecular weight is 140 g/mol. The molecule has 0 heterocycles. The van der Waals surface area contributed by atoms with Gasteiger partial charge in [-0.15, -0.1) is 0 Å². The van der Waals surface area contributed by atoms with Gasteiger partial charge >= 0.3 is 0 Å². The van der Waals surface area contributed by atoms with Crippen LogP contribution in [0.15, 0.2) is 24.5 Å². The van der Waals surface area contributed by atoms with E-state index < -0.39 is 0 Å². The van der Waals surface area contributed by atoms with E-state index in [0.29, 0.717) is 0 Å². The van der Waals surface area contributed by atoms with Gasteiger partial charge in [-0.25, -0.2) is 0 Å². The molecule has 0 atom stereocenters. The van der Waals surface area contributed by atoms with E-state index >= 15 is 0 Å². The van der Waals surface area contributed by atoms with Gasteiger partial charge in [-0.3, -0.25) is 0 Å². The maximum Gasteiger partial charge on any atom is 0.114 e. The molecule has 58 valence electrons. The van der Waals surface area contributed by atoms with Crippen LogP contribution in [0.1, 0.15) is 26.7 Å². The Morgan fingerprint density at radius 1 is 1.50 bits per heavy atom. The third kappa shape index (κ3) is 4.19. The summed E-state index contributed by atoms with van der Waals surface area (Å²) >= 11 is 0. The normalized spacial score (nSPS) is 11.2. The fourth-order valence-electron chi connectivity index (χ4n) is 0.622. The van der Waals surface area contributed by atoms with Crippen molar-refractivity contribution in [2.24, 2.45) is 0 Å². The van der Waals surface area contributed by atoms with Crippen molar-refractivity contribution in [1.82, 2.24) is 0 Å². The number of hydrogen-bond acceptors (Lipinski definition) is 1. The van der Waals surface area contributed by atoms with Crippen LogP contribution in [0, 0.1) is 0 Å². The molecule has 0 aliphatic carbocycles. The fraction of sp³-hybridized carbons (Fsp3) is 0.556. The molecular weight excluding hydrogens is 124 g/mol. The summed E-state index contributed by atoms with van der Waals surface area (Å²) in [6.45, 7) is 8.60. The molecule has 0 saturated carbocycles. The van der Waals surface area contributed by atoms with Crippen molar-refractivity contribution in [2.45, 2.75) is 26.7 Å². The Bertz CT molecular complexity index is 114. The van der Waals surface area contributed by atoms with Gasteiger partial charge in [-0.2, -0.15) is 0 Å². The van der Waals surface area contributed by atoms with E-state index in [-0.39, 0.29) is 0 Å². The fourth-order valence-corrected chi connectivity index (χ4v) is 0.622. The molecule has 0 rings (SSSR count). The molecule has 0 aromatic carbocycles. The molecule has 10 heavy (non-hydrogen) atoms. The Morgan fingerprint density at radius 3 is 2.60 bits per heavy atom. The van der Waals surface area contributed by atoms with Gasteiger partial charge in [-0.05, 0) is 25.0 Å². The second-order valence-corrected chi connectivity index (χ2v) is 2.07. The molecule has 0 radical (unpaired) electrons. The largest absolute Gasteiger partial charge is 0.494 e. The van der Waals surface area contributed by atoms with Crippen LogP contribution in [-0.2, 0) is 4.74 Å². The van der Waals surface area contributed by atoms with E-state index in [9.17, 15) is 0 Å². The summed E-state index contributed by atoms with van der Waals surface area (Å²) in [5.74, 6) is 0.907. The Hall–Kier alpha value is -0.720. The molecule has 0 aliphatic rings. The summed E-state index contributed by atoms with van der Waals surface area (Å²) in [6, 6.07) is 0. The quantitative estimate of drug-likeness (QED) is 0.421. The zero-order valence-corrected chi connectivity index (χ0v) is 6.89. The standard InChI is InChI=1S/C9H16O/c1-4-7-9(6-3)10-8-5-2/h6-7H,3-5,8H2,1-2H3/b9-7-. The third-order valence-corrected chi connectivity index (χ3v) is 1.08. The number of rotatable bonds is 5. The zero-order chi connectivity index (χ0) is 7.82. The Kier molecular flexibility index (Phi) is 5.94. The van der Waals surface area contributed by atoms with Crippen LogP contribution in [0.3, 0.4) is 0 Å². The maximum atomic E-state index is 5.32. The van der Waals surface area contributed by atoms with Gasteiger partial charge in [-0.1, -0.05) is 20.4 Å². The highest BCUT2D eigenvalue weighted by atomic mass is 16.5. The van der Waals surface area contributed by atoms with Gasteiger partial charge in [0.1, 0.15) is 5.76 Å². The molecule has 0 N–H and O–H groups in total. The van der Waals surface area contributed by atoms with Crippen LogP contribution in [0.25, 0.3) is 0 Å². The minimum absolute atomic E-state index is 0.790. The van der Waals surface area contributed by atoms with Crippen molar-refractivity contribution in [2.75, 3.05) is 6.61 Å². The number of hydrogen-bond donors (Lipinski definition) is 0. The third-order valence-electron chi connectivity index (χ3n) is 1.08. The van der Waals surface area contributed by atoms with E-state index in [1.807, 2.05) is 6.08 Å². The molecule has 0 saturated heterocycles. The highest BCUT2D eigenvalue weighted by molar-refractivity contribution is 5.07. The first-order valence-electron chi connectivity index (χ1n) is 3.80. The highest BCUT2D eigenvalue weighted by Gasteiger charge is 1.87. The van der Waals surface area contributed by atoms with Crippen LogP contribution >= 0.6 is 0 Å². The zero-order valence-electron chi connectivity index (χ0n) is 6.89. The van der Waals surface area contributed by atoms with E-state index in [0.717, 1.165) is 25.2 Å². The van der Waals surface area contributed by atoms with E-state index in [4.69, 9.17) is 4.74 Å². The van der Waals surface area contributed by atoms with Crippen molar-refractivity contribution < 1.29 is 4.74 Å². The van der Waals surface area contributed by atoms with E-state index in [1.54, 1.807) is 6.08 Å². The molecule has 0 fully saturated rings. The monoisotopic (exact) mass is 140 g/mol. The van der Waals surface area contributed by atoms with Crippen LogP contribution < -0.4 is 0 Å². The Labute approximate surface area is 63.4 Å². The predicted octanol–water partition coefficient (Wildman–Crippen LogP) is 2.89. The first kappa shape index (κ1) is 9.28. The highest BCUT2D eigenvalue weighted by Crippen LogP contribution is 2.00. The smallest absolute Gasteiger partial charge is 0.114 e. The lowest BCUT2D eigenvalue weighted by Gasteiger charge is -2.03. The number of ether oxygens (including phenoxy) is 1. The average Bonchev–Trinajstić information content (AvgIpc) is 1.98. The minimum atomic E-state index is 0.790. The minimum Gasteiger partial charge on any atom is -0.494 e. The Morgan fingerprint density at radius 2 is 2.20 bits per heavy atom. The number of allylic oxidation sites excluding steroid dienone is 2. The molecule has 0 amide bonds. The predicted molar refractivity (Wildman–Crippen MR) is 44.8 cm³/mol. The summed E-state index contributed by atoms with van der Waals surface area (Å²) in [6.07, 6.45) is 5.84. The van der Waals surface area contributed by atoms with Crippen LogP contribution in [-0.4, -0.2) is 6.61 Å². The Balaban J connectivity index is 3.60. The SMILES string of the molecule is C=C/C(=C/CC)OCCC.